The first-order chi connectivity index (χ1) is 10.2. The largest absolute Gasteiger partial charge is 0.496 e. The molecule has 1 atom stereocenters. The van der Waals surface area contributed by atoms with Crippen LogP contribution in [0.25, 0.3) is 0 Å². The highest BCUT2D eigenvalue weighted by Crippen LogP contribution is 2.32. The molecule has 4 heteroatoms. The van der Waals surface area contributed by atoms with Crippen molar-refractivity contribution in [2.45, 2.75) is 26.3 Å². The minimum Gasteiger partial charge on any atom is -0.496 e. The predicted octanol–water partition coefficient (Wildman–Crippen LogP) is 4.16. The van der Waals surface area contributed by atoms with Gasteiger partial charge in [0.2, 0.25) is 0 Å². The molecule has 0 saturated carbocycles. The van der Waals surface area contributed by atoms with E-state index in [4.69, 9.17) is 9.47 Å². The van der Waals surface area contributed by atoms with Gasteiger partial charge in [-0.2, -0.15) is 0 Å². The summed E-state index contributed by atoms with van der Waals surface area (Å²) in [5, 5.41) is 5.67. The molecule has 0 radical (unpaired) electrons. The Bertz CT molecular complexity index is 580. The summed E-state index contributed by atoms with van der Waals surface area (Å²) in [5.41, 5.74) is 2.41. The van der Waals surface area contributed by atoms with Crippen LogP contribution in [0.1, 0.15) is 35.4 Å². The fourth-order valence-electron chi connectivity index (χ4n) is 2.35. The van der Waals surface area contributed by atoms with Gasteiger partial charge in [-0.25, -0.2) is 0 Å². The molecule has 1 unspecified atom stereocenters. The second-order valence-corrected chi connectivity index (χ2v) is 5.95. The van der Waals surface area contributed by atoms with Crippen LogP contribution >= 0.6 is 11.3 Å². The molecule has 2 aromatic rings. The smallest absolute Gasteiger partial charge is 0.129 e. The van der Waals surface area contributed by atoms with Crippen LogP contribution in [-0.2, 0) is 0 Å². The van der Waals surface area contributed by atoms with E-state index in [1.54, 1.807) is 25.6 Å². The zero-order valence-corrected chi connectivity index (χ0v) is 13.9. The third-order valence-corrected chi connectivity index (χ3v) is 4.44. The van der Waals surface area contributed by atoms with Gasteiger partial charge < -0.3 is 14.8 Å². The average Bonchev–Trinajstić information content (AvgIpc) is 2.96. The van der Waals surface area contributed by atoms with Crippen molar-refractivity contribution in [2.75, 3.05) is 20.8 Å². The lowest BCUT2D eigenvalue weighted by Gasteiger charge is -2.19. The summed E-state index contributed by atoms with van der Waals surface area (Å²) in [6, 6.07) is 8.67. The molecule has 0 aliphatic heterocycles. The number of hydrogen-bond acceptors (Lipinski definition) is 4. The Morgan fingerprint density at radius 3 is 2.57 bits per heavy atom. The maximum absolute atomic E-state index is 5.35. The lowest BCUT2D eigenvalue weighted by Crippen LogP contribution is -2.22. The van der Waals surface area contributed by atoms with Gasteiger partial charge in [-0.1, -0.05) is 19.1 Å². The number of benzene rings is 1. The SMILES string of the molecule is CCCNC(c1ccc(OC)c(C)c1)c1cc(OC)cs1. The fourth-order valence-corrected chi connectivity index (χ4v) is 3.30. The van der Waals surface area contributed by atoms with Gasteiger partial charge in [0, 0.05) is 10.3 Å². The van der Waals surface area contributed by atoms with E-state index in [9.17, 15) is 0 Å². The number of thiophene rings is 1. The van der Waals surface area contributed by atoms with Crippen molar-refractivity contribution in [1.29, 1.82) is 0 Å². The van der Waals surface area contributed by atoms with E-state index in [0.717, 1.165) is 30.0 Å². The maximum Gasteiger partial charge on any atom is 0.129 e. The molecule has 0 aliphatic rings. The monoisotopic (exact) mass is 305 g/mol. The van der Waals surface area contributed by atoms with Crippen LogP contribution in [0.5, 0.6) is 11.5 Å². The van der Waals surface area contributed by atoms with Gasteiger partial charge in [-0.3, -0.25) is 0 Å². The highest BCUT2D eigenvalue weighted by atomic mass is 32.1. The summed E-state index contributed by atoms with van der Waals surface area (Å²) < 4.78 is 10.7. The van der Waals surface area contributed by atoms with Crippen LogP contribution in [0.15, 0.2) is 29.6 Å². The standard InChI is InChI=1S/C17H23NO2S/c1-5-8-18-17(16-10-14(19-3)11-21-16)13-6-7-15(20-4)12(2)9-13/h6-7,9-11,17-18H,5,8H2,1-4H3. The van der Waals surface area contributed by atoms with E-state index in [-0.39, 0.29) is 6.04 Å². The highest BCUT2D eigenvalue weighted by molar-refractivity contribution is 7.10. The lowest BCUT2D eigenvalue weighted by molar-refractivity contribution is 0.411. The highest BCUT2D eigenvalue weighted by Gasteiger charge is 2.17. The van der Waals surface area contributed by atoms with Crippen molar-refractivity contribution in [3.63, 3.8) is 0 Å². The van der Waals surface area contributed by atoms with Crippen molar-refractivity contribution in [2.24, 2.45) is 0 Å². The lowest BCUT2D eigenvalue weighted by atomic mass is 10.0. The van der Waals surface area contributed by atoms with E-state index in [0.29, 0.717) is 0 Å². The van der Waals surface area contributed by atoms with Gasteiger partial charge in [0.05, 0.1) is 20.3 Å². The normalized spacial score (nSPS) is 12.2. The van der Waals surface area contributed by atoms with Crippen LogP contribution in [0, 0.1) is 6.92 Å². The Kier molecular flexibility index (Phi) is 5.65. The molecule has 1 heterocycles. The molecule has 114 valence electrons. The maximum atomic E-state index is 5.35. The van der Waals surface area contributed by atoms with Crippen LogP contribution in [0.2, 0.25) is 0 Å². The van der Waals surface area contributed by atoms with E-state index in [1.165, 1.54) is 10.4 Å². The molecule has 1 N–H and O–H groups in total. The average molecular weight is 305 g/mol. The van der Waals surface area contributed by atoms with E-state index in [2.05, 4.69) is 37.4 Å². The van der Waals surface area contributed by atoms with Crippen LogP contribution in [0.4, 0.5) is 0 Å². The Balaban J connectivity index is 2.32. The molecular formula is C17H23NO2S. The summed E-state index contributed by atoms with van der Waals surface area (Å²) in [7, 11) is 3.41. The van der Waals surface area contributed by atoms with Gasteiger partial charge in [0.1, 0.15) is 11.5 Å². The number of methoxy groups -OCH3 is 2. The topological polar surface area (TPSA) is 30.5 Å². The molecule has 0 amide bonds. The van der Waals surface area contributed by atoms with Crippen molar-refractivity contribution in [1.82, 2.24) is 5.32 Å². The molecular weight excluding hydrogens is 282 g/mol. The number of ether oxygens (including phenoxy) is 2. The molecule has 1 aromatic carbocycles. The molecule has 0 aliphatic carbocycles. The summed E-state index contributed by atoms with van der Waals surface area (Å²) in [6.07, 6.45) is 1.11. The first-order valence-electron chi connectivity index (χ1n) is 7.20. The quantitative estimate of drug-likeness (QED) is 0.833. The zero-order valence-electron chi connectivity index (χ0n) is 13.1. The van der Waals surface area contributed by atoms with Crippen molar-refractivity contribution in [3.05, 3.63) is 45.6 Å². The minimum atomic E-state index is 0.198. The Labute approximate surface area is 130 Å². The number of aryl methyl sites for hydroxylation is 1. The molecule has 0 fully saturated rings. The molecule has 0 spiro atoms. The van der Waals surface area contributed by atoms with Crippen LogP contribution in [0.3, 0.4) is 0 Å². The summed E-state index contributed by atoms with van der Waals surface area (Å²) in [4.78, 5) is 1.27. The summed E-state index contributed by atoms with van der Waals surface area (Å²) in [6.45, 7) is 5.24. The summed E-state index contributed by atoms with van der Waals surface area (Å²) in [5.74, 6) is 1.85. The predicted molar refractivity (Wildman–Crippen MR) is 88.7 cm³/mol. The number of hydrogen-bond donors (Lipinski definition) is 1. The second-order valence-electron chi connectivity index (χ2n) is 5.01. The Morgan fingerprint density at radius 1 is 1.19 bits per heavy atom. The minimum absolute atomic E-state index is 0.198. The zero-order chi connectivity index (χ0) is 15.2. The molecule has 2 rings (SSSR count). The van der Waals surface area contributed by atoms with Crippen molar-refractivity contribution in [3.8, 4) is 11.5 Å². The fraction of sp³-hybridized carbons (Fsp3) is 0.412. The molecule has 3 nitrogen and oxygen atoms in total. The number of rotatable bonds is 7. The van der Waals surface area contributed by atoms with Gasteiger partial charge in [-0.15, -0.1) is 11.3 Å². The van der Waals surface area contributed by atoms with E-state index >= 15 is 0 Å². The third-order valence-electron chi connectivity index (χ3n) is 3.47. The Hall–Kier alpha value is -1.52. The Morgan fingerprint density at radius 2 is 2.00 bits per heavy atom. The summed E-state index contributed by atoms with van der Waals surface area (Å²) >= 11 is 1.72. The molecule has 0 bridgehead atoms. The number of nitrogens with one attached hydrogen (secondary N) is 1. The van der Waals surface area contributed by atoms with Crippen molar-refractivity contribution < 1.29 is 9.47 Å². The third kappa shape index (κ3) is 3.77. The van der Waals surface area contributed by atoms with Crippen LogP contribution < -0.4 is 14.8 Å². The molecule has 21 heavy (non-hydrogen) atoms. The first kappa shape index (κ1) is 15.9. The first-order valence-corrected chi connectivity index (χ1v) is 8.07. The van der Waals surface area contributed by atoms with Gasteiger partial charge in [0.15, 0.2) is 0 Å². The van der Waals surface area contributed by atoms with E-state index < -0.39 is 0 Å². The van der Waals surface area contributed by atoms with Gasteiger partial charge in [-0.05, 0) is 43.1 Å². The molecule has 1 aromatic heterocycles. The molecule has 0 saturated heterocycles. The van der Waals surface area contributed by atoms with Crippen molar-refractivity contribution >= 4 is 11.3 Å². The van der Waals surface area contributed by atoms with E-state index in [1.807, 2.05) is 11.4 Å². The van der Waals surface area contributed by atoms with Gasteiger partial charge in [0.25, 0.3) is 0 Å². The van der Waals surface area contributed by atoms with Gasteiger partial charge >= 0.3 is 0 Å². The second kappa shape index (κ2) is 7.48. The van der Waals surface area contributed by atoms with Crippen LogP contribution in [-0.4, -0.2) is 20.8 Å².